The molecule has 0 saturated carbocycles. The van der Waals surface area contributed by atoms with Gasteiger partial charge in [-0.3, -0.25) is 0 Å². The number of benzene rings is 1. The molecule has 0 amide bonds. The highest BCUT2D eigenvalue weighted by Gasteiger charge is 2.32. The molecule has 7 heteroatoms. The molecule has 1 aromatic carbocycles. The molecular weight excluding hydrogens is 364 g/mol. The average molecular weight is 393 g/mol. The van der Waals surface area contributed by atoms with Gasteiger partial charge < -0.3 is 24.8 Å². The van der Waals surface area contributed by atoms with Gasteiger partial charge in [0.2, 0.25) is 0 Å². The summed E-state index contributed by atoms with van der Waals surface area (Å²) in [5.74, 6) is 0.971. The van der Waals surface area contributed by atoms with Gasteiger partial charge in [-0.2, -0.15) is 0 Å². The van der Waals surface area contributed by atoms with E-state index in [2.05, 4.69) is 17.6 Å². The van der Waals surface area contributed by atoms with E-state index in [1.807, 2.05) is 32.0 Å². The van der Waals surface area contributed by atoms with Crippen molar-refractivity contribution >= 4 is 23.3 Å². The largest absolute Gasteiger partial charge is 0.490 e. The second-order valence-corrected chi connectivity index (χ2v) is 6.37. The van der Waals surface area contributed by atoms with Gasteiger partial charge in [-0.15, -0.1) is 0 Å². The maximum atomic E-state index is 12.7. The molecule has 27 heavy (non-hydrogen) atoms. The standard InChI is InChI=1S/C20H28N2O4S/c1-5-9-14-17(19(23)26-8-4)18(22-20(27)21-14)13-10-11-15(24-6-2)16(12-13)25-7-3/h10-12,18H,5-9H2,1-4H3,(H2,21,22,27)/t18-/m0/s1. The Balaban J connectivity index is 2.51. The van der Waals surface area contributed by atoms with Crippen LogP contribution in [0.4, 0.5) is 0 Å². The molecule has 1 aliphatic heterocycles. The van der Waals surface area contributed by atoms with Crippen molar-refractivity contribution in [2.24, 2.45) is 0 Å². The molecule has 1 heterocycles. The number of thiocarbonyl (C=S) groups is 1. The predicted octanol–water partition coefficient (Wildman–Crippen LogP) is 3.62. The van der Waals surface area contributed by atoms with Crippen LogP contribution in [0.2, 0.25) is 0 Å². The topological polar surface area (TPSA) is 68.8 Å². The van der Waals surface area contributed by atoms with Gasteiger partial charge in [0.05, 0.1) is 31.4 Å². The summed E-state index contributed by atoms with van der Waals surface area (Å²) in [6.45, 7) is 9.07. The summed E-state index contributed by atoms with van der Waals surface area (Å²) < 4.78 is 16.7. The second kappa shape index (κ2) is 10.2. The van der Waals surface area contributed by atoms with Crippen LogP contribution in [0.3, 0.4) is 0 Å². The van der Waals surface area contributed by atoms with Crippen LogP contribution in [0.25, 0.3) is 0 Å². The Kier molecular flexibility index (Phi) is 7.91. The number of ether oxygens (including phenoxy) is 3. The zero-order chi connectivity index (χ0) is 19.8. The van der Waals surface area contributed by atoms with Gasteiger partial charge in [0.25, 0.3) is 0 Å². The normalized spacial score (nSPS) is 16.4. The molecule has 0 spiro atoms. The lowest BCUT2D eigenvalue weighted by Crippen LogP contribution is -2.45. The fourth-order valence-corrected chi connectivity index (χ4v) is 3.25. The fourth-order valence-electron chi connectivity index (χ4n) is 3.01. The van der Waals surface area contributed by atoms with Crippen LogP contribution in [0.5, 0.6) is 11.5 Å². The highest BCUT2D eigenvalue weighted by atomic mass is 32.1. The van der Waals surface area contributed by atoms with E-state index in [0.717, 1.165) is 17.7 Å². The molecular formula is C20H28N2O4S. The molecule has 148 valence electrons. The van der Waals surface area contributed by atoms with Crippen molar-refractivity contribution in [1.29, 1.82) is 0 Å². The SMILES string of the molecule is CCCC1=C(C(=O)OCC)[C@H](c2ccc(OCC)c(OCC)c2)NC(=S)N1. The van der Waals surface area contributed by atoms with E-state index in [1.165, 1.54) is 0 Å². The van der Waals surface area contributed by atoms with Crippen LogP contribution in [-0.4, -0.2) is 30.9 Å². The molecule has 1 atom stereocenters. The molecule has 1 aliphatic rings. The summed E-state index contributed by atoms with van der Waals surface area (Å²) in [6.07, 6.45) is 1.59. The van der Waals surface area contributed by atoms with Crippen LogP contribution in [0.15, 0.2) is 29.5 Å². The van der Waals surface area contributed by atoms with Crippen LogP contribution in [0, 0.1) is 0 Å². The number of hydrogen-bond donors (Lipinski definition) is 2. The van der Waals surface area contributed by atoms with Crippen LogP contribution < -0.4 is 20.1 Å². The van der Waals surface area contributed by atoms with E-state index in [4.69, 9.17) is 26.4 Å². The minimum atomic E-state index is -0.408. The summed E-state index contributed by atoms with van der Waals surface area (Å²) in [5.41, 5.74) is 2.22. The van der Waals surface area contributed by atoms with E-state index >= 15 is 0 Å². The molecule has 6 nitrogen and oxygen atoms in total. The first kappa shape index (κ1) is 21.0. The molecule has 0 aliphatic carbocycles. The van der Waals surface area contributed by atoms with E-state index in [0.29, 0.717) is 48.4 Å². The number of nitrogens with one attached hydrogen (secondary N) is 2. The van der Waals surface area contributed by atoms with Crippen molar-refractivity contribution in [1.82, 2.24) is 10.6 Å². The summed E-state index contributed by atoms with van der Waals surface area (Å²) >= 11 is 5.37. The van der Waals surface area contributed by atoms with E-state index in [1.54, 1.807) is 6.92 Å². The summed E-state index contributed by atoms with van der Waals surface area (Å²) in [4.78, 5) is 12.7. The molecule has 0 radical (unpaired) electrons. The van der Waals surface area contributed by atoms with Crippen molar-refractivity contribution in [3.05, 3.63) is 35.0 Å². The van der Waals surface area contributed by atoms with Crippen LogP contribution >= 0.6 is 12.2 Å². The zero-order valence-electron chi connectivity index (χ0n) is 16.4. The minimum Gasteiger partial charge on any atom is -0.490 e. The smallest absolute Gasteiger partial charge is 0.338 e. The van der Waals surface area contributed by atoms with Crippen molar-refractivity contribution in [2.45, 2.75) is 46.6 Å². The molecule has 0 saturated heterocycles. The van der Waals surface area contributed by atoms with Crippen molar-refractivity contribution in [3.63, 3.8) is 0 Å². The number of allylic oxidation sites excluding steroid dienone is 1. The van der Waals surface area contributed by atoms with Crippen molar-refractivity contribution < 1.29 is 19.0 Å². The Labute approximate surface area is 166 Å². The Morgan fingerprint density at radius 1 is 1.07 bits per heavy atom. The molecule has 2 N–H and O–H groups in total. The first-order valence-electron chi connectivity index (χ1n) is 9.42. The van der Waals surface area contributed by atoms with Crippen LogP contribution in [-0.2, 0) is 9.53 Å². The van der Waals surface area contributed by atoms with E-state index < -0.39 is 6.04 Å². The first-order valence-corrected chi connectivity index (χ1v) is 9.83. The fraction of sp³-hybridized carbons (Fsp3) is 0.500. The minimum absolute atomic E-state index is 0.312. The lowest BCUT2D eigenvalue weighted by Gasteiger charge is -2.31. The second-order valence-electron chi connectivity index (χ2n) is 5.97. The molecule has 0 unspecified atom stereocenters. The molecule has 0 fully saturated rings. The summed E-state index contributed by atoms with van der Waals surface area (Å²) in [6, 6.07) is 5.26. The molecule has 0 bridgehead atoms. The maximum absolute atomic E-state index is 12.7. The van der Waals surface area contributed by atoms with Gasteiger partial charge in [-0.25, -0.2) is 4.79 Å². The van der Waals surface area contributed by atoms with E-state index in [-0.39, 0.29) is 5.97 Å². The Bertz CT molecular complexity index is 718. The maximum Gasteiger partial charge on any atom is 0.338 e. The predicted molar refractivity (Wildman–Crippen MR) is 109 cm³/mol. The molecule has 1 aromatic rings. The Hall–Kier alpha value is -2.28. The Morgan fingerprint density at radius 3 is 2.41 bits per heavy atom. The van der Waals surface area contributed by atoms with Gasteiger partial charge in [-0.05, 0) is 57.1 Å². The number of carbonyl (C=O) groups excluding carboxylic acids is 1. The third-order valence-electron chi connectivity index (χ3n) is 4.05. The lowest BCUT2D eigenvalue weighted by atomic mass is 9.93. The number of hydrogen-bond acceptors (Lipinski definition) is 5. The quantitative estimate of drug-likeness (QED) is 0.491. The van der Waals surface area contributed by atoms with Crippen molar-refractivity contribution in [2.75, 3.05) is 19.8 Å². The molecule has 2 rings (SSSR count). The number of esters is 1. The molecule has 0 aromatic heterocycles. The highest BCUT2D eigenvalue weighted by molar-refractivity contribution is 7.80. The monoisotopic (exact) mass is 392 g/mol. The Morgan fingerprint density at radius 2 is 1.78 bits per heavy atom. The third kappa shape index (κ3) is 5.13. The first-order chi connectivity index (χ1) is 13.0. The number of rotatable bonds is 9. The van der Waals surface area contributed by atoms with E-state index in [9.17, 15) is 4.79 Å². The van der Waals surface area contributed by atoms with Gasteiger partial charge in [0.15, 0.2) is 16.6 Å². The zero-order valence-corrected chi connectivity index (χ0v) is 17.2. The highest BCUT2D eigenvalue weighted by Crippen LogP contribution is 2.35. The van der Waals surface area contributed by atoms with Gasteiger partial charge in [0.1, 0.15) is 0 Å². The van der Waals surface area contributed by atoms with Gasteiger partial charge in [0, 0.05) is 5.70 Å². The van der Waals surface area contributed by atoms with Gasteiger partial charge in [-0.1, -0.05) is 19.4 Å². The average Bonchev–Trinajstić information content (AvgIpc) is 2.63. The number of carbonyl (C=O) groups is 1. The summed E-state index contributed by atoms with van der Waals surface area (Å²) in [7, 11) is 0. The third-order valence-corrected chi connectivity index (χ3v) is 4.27. The van der Waals surface area contributed by atoms with Crippen LogP contribution in [0.1, 0.15) is 52.1 Å². The lowest BCUT2D eigenvalue weighted by molar-refractivity contribution is -0.139. The van der Waals surface area contributed by atoms with Crippen molar-refractivity contribution in [3.8, 4) is 11.5 Å². The summed E-state index contributed by atoms with van der Waals surface area (Å²) in [5, 5.41) is 6.81. The van der Waals surface area contributed by atoms with Gasteiger partial charge >= 0.3 is 5.97 Å².